The Kier molecular flexibility index (Phi) is 4.71. The standard InChI is InChI=1S/C9H16N4O/c10-4-2-1-3-5-11-9(14)8-6-12-13-7-8/h6-7H,1-5,10H2,(H,11,14)(H,12,13). The quantitative estimate of drug-likeness (QED) is 0.571. The summed E-state index contributed by atoms with van der Waals surface area (Å²) in [7, 11) is 0. The molecule has 0 atom stereocenters. The van der Waals surface area contributed by atoms with Gasteiger partial charge >= 0.3 is 0 Å². The molecule has 1 aromatic heterocycles. The van der Waals surface area contributed by atoms with E-state index in [2.05, 4.69) is 15.5 Å². The van der Waals surface area contributed by atoms with Crippen LogP contribution in [-0.4, -0.2) is 29.2 Å². The predicted molar refractivity (Wildman–Crippen MR) is 53.8 cm³/mol. The van der Waals surface area contributed by atoms with Crippen molar-refractivity contribution in [3.63, 3.8) is 0 Å². The lowest BCUT2D eigenvalue weighted by molar-refractivity contribution is 0.0953. The Morgan fingerprint density at radius 3 is 3.00 bits per heavy atom. The van der Waals surface area contributed by atoms with E-state index in [0.717, 1.165) is 25.8 Å². The van der Waals surface area contributed by atoms with E-state index in [9.17, 15) is 4.79 Å². The maximum absolute atomic E-state index is 11.3. The molecule has 5 heteroatoms. The number of H-pyrrole nitrogens is 1. The second-order valence-electron chi connectivity index (χ2n) is 3.09. The number of unbranched alkanes of at least 4 members (excludes halogenated alkanes) is 2. The van der Waals surface area contributed by atoms with E-state index in [1.807, 2.05) is 0 Å². The van der Waals surface area contributed by atoms with E-state index < -0.39 is 0 Å². The number of carbonyl (C=O) groups is 1. The summed E-state index contributed by atoms with van der Waals surface area (Å²) in [4.78, 5) is 11.3. The first kappa shape index (κ1) is 10.7. The minimum Gasteiger partial charge on any atom is -0.352 e. The minimum absolute atomic E-state index is 0.0773. The zero-order valence-electron chi connectivity index (χ0n) is 8.12. The molecule has 1 amide bonds. The van der Waals surface area contributed by atoms with E-state index >= 15 is 0 Å². The number of hydrogen-bond donors (Lipinski definition) is 3. The Balaban J connectivity index is 2.10. The molecule has 0 spiro atoms. The number of carbonyl (C=O) groups excluding carboxylic acids is 1. The summed E-state index contributed by atoms with van der Waals surface area (Å²) >= 11 is 0. The fourth-order valence-electron chi connectivity index (χ4n) is 1.13. The van der Waals surface area contributed by atoms with Crippen molar-refractivity contribution in [3.8, 4) is 0 Å². The van der Waals surface area contributed by atoms with Gasteiger partial charge in [-0.2, -0.15) is 5.10 Å². The van der Waals surface area contributed by atoms with Crippen molar-refractivity contribution >= 4 is 5.91 Å². The number of rotatable bonds is 6. The molecule has 1 heterocycles. The van der Waals surface area contributed by atoms with Gasteiger partial charge in [-0.05, 0) is 19.4 Å². The molecule has 0 aliphatic heterocycles. The van der Waals surface area contributed by atoms with Gasteiger partial charge in [0.1, 0.15) is 0 Å². The molecule has 0 aromatic carbocycles. The molecule has 0 saturated carbocycles. The number of nitrogens with zero attached hydrogens (tertiary/aromatic N) is 1. The van der Waals surface area contributed by atoms with Crippen LogP contribution in [0.5, 0.6) is 0 Å². The Hall–Kier alpha value is -1.36. The Bertz CT molecular complexity index is 258. The number of nitrogens with two attached hydrogens (primary N) is 1. The highest BCUT2D eigenvalue weighted by atomic mass is 16.1. The molecule has 0 saturated heterocycles. The van der Waals surface area contributed by atoms with Crippen LogP contribution >= 0.6 is 0 Å². The van der Waals surface area contributed by atoms with Gasteiger partial charge in [-0.15, -0.1) is 0 Å². The van der Waals surface area contributed by atoms with E-state index in [-0.39, 0.29) is 5.91 Å². The lowest BCUT2D eigenvalue weighted by Crippen LogP contribution is -2.24. The van der Waals surface area contributed by atoms with Crippen LogP contribution in [0.4, 0.5) is 0 Å². The smallest absolute Gasteiger partial charge is 0.254 e. The van der Waals surface area contributed by atoms with Gasteiger partial charge in [0.2, 0.25) is 0 Å². The summed E-state index contributed by atoms with van der Waals surface area (Å²) in [6.45, 7) is 1.42. The topological polar surface area (TPSA) is 83.8 Å². The molecule has 0 aliphatic rings. The number of nitrogens with one attached hydrogen (secondary N) is 2. The molecule has 78 valence electrons. The monoisotopic (exact) mass is 196 g/mol. The predicted octanol–water partition coefficient (Wildman–Crippen LogP) is 0.269. The van der Waals surface area contributed by atoms with Gasteiger partial charge in [-0.3, -0.25) is 9.89 Å². The summed E-state index contributed by atoms with van der Waals surface area (Å²) in [5, 5.41) is 9.10. The third-order valence-electron chi connectivity index (χ3n) is 1.93. The largest absolute Gasteiger partial charge is 0.352 e. The maximum atomic E-state index is 11.3. The van der Waals surface area contributed by atoms with Crippen molar-refractivity contribution in [2.75, 3.05) is 13.1 Å². The van der Waals surface area contributed by atoms with Crippen LogP contribution in [0, 0.1) is 0 Å². The van der Waals surface area contributed by atoms with Crippen molar-refractivity contribution in [2.45, 2.75) is 19.3 Å². The van der Waals surface area contributed by atoms with Gasteiger partial charge in [-0.25, -0.2) is 0 Å². The van der Waals surface area contributed by atoms with Crippen molar-refractivity contribution in [1.82, 2.24) is 15.5 Å². The van der Waals surface area contributed by atoms with E-state index in [1.165, 1.54) is 6.20 Å². The molecule has 1 aromatic rings. The number of aromatic nitrogens is 2. The highest BCUT2D eigenvalue weighted by molar-refractivity contribution is 5.93. The van der Waals surface area contributed by atoms with Crippen molar-refractivity contribution < 1.29 is 4.79 Å². The molecule has 0 fully saturated rings. The summed E-state index contributed by atoms with van der Waals surface area (Å²) in [6, 6.07) is 0. The summed E-state index contributed by atoms with van der Waals surface area (Å²) in [5.41, 5.74) is 5.92. The third-order valence-corrected chi connectivity index (χ3v) is 1.93. The Morgan fingerprint density at radius 2 is 2.36 bits per heavy atom. The molecular weight excluding hydrogens is 180 g/mol. The molecule has 0 unspecified atom stereocenters. The van der Waals surface area contributed by atoms with Gasteiger partial charge in [0.25, 0.3) is 5.91 Å². The van der Waals surface area contributed by atoms with Gasteiger partial charge < -0.3 is 11.1 Å². The van der Waals surface area contributed by atoms with Crippen LogP contribution in [-0.2, 0) is 0 Å². The highest BCUT2D eigenvalue weighted by Crippen LogP contribution is 1.95. The van der Waals surface area contributed by atoms with Crippen molar-refractivity contribution in [2.24, 2.45) is 5.73 Å². The SMILES string of the molecule is NCCCCCNC(=O)c1cn[nH]c1. The molecule has 1 rings (SSSR count). The van der Waals surface area contributed by atoms with Crippen LogP contribution in [0.15, 0.2) is 12.4 Å². The van der Waals surface area contributed by atoms with E-state index in [4.69, 9.17) is 5.73 Å². The summed E-state index contributed by atoms with van der Waals surface area (Å²) in [6.07, 6.45) is 6.13. The van der Waals surface area contributed by atoms with Crippen molar-refractivity contribution in [1.29, 1.82) is 0 Å². The maximum Gasteiger partial charge on any atom is 0.254 e. The Morgan fingerprint density at radius 1 is 1.50 bits per heavy atom. The van der Waals surface area contributed by atoms with E-state index in [0.29, 0.717) is 12.1 Å². The molecule has 5 nitrogen and oxygen atoms in total. The first-order chi connectivity index (χ1) is 6.84. The zero-order valence-corrected chi connectivity index (χ0v) is 8.12. The molecule has 14 heavy (non-hydrogen) atoms. The second-order valence-corrected chi connectivity index (χ2v) is 3.09. The van der Waals surface area contributed by atoms with Crippen LogP contribution in [0.2, 0.25) is 0 Å². The van der Waals surface area contributed by atoms with Crippen LogP contribution in [0.3, 0.4) is 0 Å². The molecular formula is C9H16N4O. The fraction of sp³-hybridized carbons (Fsp3) is 0.556. The number of amides is 1. The van der Waals surface area contributed by atoms with Crippen LogP contribution in [0.25, 0.3) is 0 Å². The van der Waals surface area contributed by atoms with Crippen LogP contribution in [0.1, 0.15) is 29.6 Å². The summed E-state index contributed by atoms with van der Waals surface area (Å²) in [5.74, 6) is -0.0773. The average Bonchev–Trinajstić information content (AvgIpc) is 2.70. The van der Waals surface area contributed by atoms with Gasteiger partial charge in [-0.1, -0.05) is 6.42 Å². The normalized spacial score (nSPS) is 10.1. The van der Waals surface area contributed by atoms with Crippen molar-refractivity contribution in [3.05, 3.63) is 18.0 Å². The molecule has 0 radical (unpaired) electrons. The number of hydrogen-bond acceptors (Lipinski definition) is 3. The van der Waals surface area contributed by atoms with E-state index in [1.54, 1.807) is 6.20 Å². The first-order valence-corrected chi connectivity index (χ1v) is 4.81. The lowest BCUT2D eigenvalue weighted by Gasteiger charge is -2.02. The van der Waals surface area contributed by atoms with Crippen LogP contribution < -0.4 is 11.1 Å². The number of aromatic amines is 1. The van der Waals surface area contributed by atoms with Gasteiger partial charge in [0.05, 0.1) is 11.8 Å². The lowest BCUT2D eigenvalue weighted by atomic mass is 10.2. The molecule has 0 bridgehead atoms. The third kappa shape index (κ3) is 3.57. The highest BCUT2D eigenvalue weighted by Gasteiger charge is 2.04. The molecule has 4 N–H and O–H groups in total. The summed E-state index contributed by atoms with van der Waals surface area (Å²) < 4.78 is 0. The fourth-order valence-corrected chi connectivity index (χ4v) is 1.13. The van der Waals surface area contributed by atoms with Gasteiger partial charge in [0, 0.05) is 12.7 Å². The Labute approximate surface area is 83.1 Å². The second kappa shape index (κ2) is 6.15. The first-order valence-electron chi connectivity index (χ1n) is 4.81. The minimum atomic E-state index is -0.0773. The zero-order chi connectivity index (χ0) is 10.2. The average molecular weight is 196 g/mol. The molecule has 0 aliphatic carbocycles. The van der Waals surface area contributed by atoms with Gasteiger partial charge in [0.15, 0.2) is 0 Å².